The maximum absolute atomic E-state index is 13.3. The Balaban J connectivity index is 1.74. The van der Waals surface area contributed by atoms with Crippen LogP contribution in [0.4, 0.5) is 0 Å². The number of amides is 2. The second-order valence-corrected chi connectivity index (χ2v) is 7.17. The van der Waals surface area contributed by atoms with Crippen LogP contribution in [0.3, 0.4) is 0 Å². The molecular formula is C16H24N2O3. The van der Waals surface area contributed by atoms with E-state index in [0.29, 0.717) is 13.2 Å². The highest BCUT2D eigenvalue weighted by Gasteiger charge is 2.61. The molecule has 0 aromatic heterocycles. The molecule has 21 heavy (non-hydrogen) atoms. The van der Waals surface area contributed by atoms with Crippen molar-refractivity contribution >= 4 is 11.8 Å². The molecule has 2 heterocycles. The lowest BCUT2D eigenvalue weighted by Crippen LogP contribution is -2.76. The Morgan fingerprint density at radius 2 is 1.71 bits per heavy atom. The zero-order chi connectivity index (χ0) is 14.5. The predicted molar refractivity (Wildman–Crippen MR) is 76.6 cm³/mol. The largest absolute Gasteiger partial charge is 0.379 e. The molecule has 5 heteroatoms. The van der Waals surface area contributed by atoms with Crippen LogP contribution in [0.15, 0.2) is 0 Å². The molecule has 116 valence electrons. The second kappa shape index (κ2) is 4.70. The van der Waals surface area contributed by atoms with Crippen LogP contribution in [0.2, 0.25) is 0 Å². The molecule has 1 atom stereocenters. The third-order valence-electron chi connectivity index (χ3n) is 6.02. The minimum atomic E-state index is -0.604. The molecule has 2 spiro atoms. The number of nitrogens with one attached hydrogen (secondary N) is 1. The third kappa shape index (κ3) is 1.79. The highest BCUT2D eigenvalue weighted by molar-refractivity contribution is 6.03. The highest BCUT2D eigenvalue weighted by atomic mass is 16.5. The first-order valence-electron chi connectivity index (χ1n) is 8.42. The Bertz CT molecular complexity index is 458. The fourth-order valence-corrected chi connectivity index (χ4v) is 4.91. The monoisotopic (exact) mass is 292 g/mol. The van der Waals surface area contributed by atoms with Crippen LogP contribution in [0, 0.1) is 0 Å². The zero-order valence-corrected chi connectivity index (χ0v) is 12.5. The van der Waals surface area contributed by atoms with E-state index < -0.39 is 11.1 Å². The Morgan fingerprint density at radius 3 is 2.33 bits per heavy atom. The minimum Gasteiger partial charge on any atom is -0.379 e. The van der Waals surface area contributed by atoms with Gasteiger partial charge in [-0.15, -0.1) is 0 Å². The van der Waals surface area contributed by atoms with Crippen molar-refractivity contribution in [2.24, 2.45) is 0 Å². The van der Waals surface area contributed by atoms with E-state index in [4.69, 9.17) is 4.74 Å². The Hall–Kier alpha value is -1.10. The molecule has 4 aliphatic rings. The fraction of sp³-hybridized carbons (Fsp3) is 0.875. The van der Waals surface area contributed by atoms with E-state index in [-0.39, 0.29) is 17.9 Å². The van der Waals surface area contributed by atoms with Crippen molar-refractivity contribution in [2.45, 2.75) is 74.9 Å². The number of carbonyl (C=O) groups excluding carboxylic acids is 2. The molecule has 1 unspecified atom stereocenters. The van der Waals surface area contributed by atoms with Crippen molar-refractivity contribution in [1.29, 1.82) is 0 Å². The van der Waals surface area contributed by atoms with Crippen LogP contribution in [-0.4, -0.2) is 47.0 Å². The summed E-state index contributed by atoms with van der Waals surface area (Å²) in [7, 11) is 0. The first-order valence-corrected chi connectivity index (χ1v) is 8.42. The van der Waals surface area contributed by atoms with Gasteiger partial charge in [-0.05, 0) is 32.1 Å². The lowest BCUT2D eigenvalue weighted by molar-refractivity contribution is -0.166. The molecule has 0 bridgehead atoms. The van der Waals surface area contributed by atoms with Crippen molar-refractivity contribution in [3.63, 3.8) is 0 Å². The summed E-state index contributed by atoms with van der Waals surface area (Å²) in [6.07, 6.45) is 8.26. The van der Waals surface area contributed by atoms with Crippen LogP contribution in [0.5, 0.6) is 0 Å². The van der Waals surface area contributed by atoms with Gasteiger partial charge in [-0.1, -0.05) is 25.7 Å². The number of rotatable bonds is 1. The van der Waals surface area contributed by atoms with Crippen LogP contribution in [0.25, 0.3) is 0 Å². The van der Waals surface area contributed by atoms with E-state index in [0.717, 1.165) is 57.8 Å². The van der Waals surface area contributed by atoms with Gasteiger partial charge < -0.3 is 15.0 Å². The van der Waals surface area contributed by atoms with E-state index in [1.807, 2.05) is 4.90 Å². The smallest absolute Gasteiger partial charge is 0.249 e. The van der Waals surface area contributed by atoms with E-state index in [9.17, 15) is 9.59 Å². The van der Waals surface area contributed by atoms with Gasteiger partial charge in [-0.2, -0.15) is 0 Å². The summed E-state index contributed by atoms with van der Waals surface area (Å²) in [5.41, 5.74) is -1.18. The second-order valence-electron chi connectivity index (χ2n) is 7.17. The number of carbonyl (C=O) groups is 2. The molecule has 5 nitrogen and oxygen atoms in total. The summed E-state index contributed by atoms with van der Waals surface area (Å²) in [6, 6.07) is 0.0964. The molecule has 2 aliphatic carbocycles. The van der Waals surface area contributed by atoms with Gasteiger partial charge >= 0.3 is 0 Å². The standard InChI is InChI=1S/C16H24N2O3/c19-13-16(8-3-4-9-16)18(12-5-10-21-11-12)14(20)15(17-13)6-1-2-7-15/h12H,1-11H2,(H,17,19). The lowest BCUT2D eigenvalue weighted by Gasteiger charge is -2.52. The molecule has 0 aromatic carbocycles. The molecule has 2 saturated heterocycles. The van der Waals surface area contributed by atoms with Gasteiger partial charge in [0.05, 0.1) is 12.6 Å². The average molecular weight is 292 g/mol. The Labute approximate surface area is 125 Å². The number of hydrogen-bond acceptors (Lipinski definition) is 3. The quantitative estimate of drug-likeness (QED) is 0.794. The van der Waals surface area contributed by atoms with E-state index in [1.54, 1.807) is 0 Å². The topological polar surface area (TPSA) is 58.6 Å². The SMILES string of the molecule is O=C1N(C2CCOC2)C2(CCCC2)C(=O)NC12CCCC2. The molecular weight excluding hydrogens is 268 g/mol. The van der Waals surface area contributed by atoms with E-state index >= 15 is 0 Å². The third-order valence-corrected chi connectivity index (χ3v) is 6.02. The molecule has 1 N–H and O–H groups in total. The normalized spacial score (nSPS) is 34.1. The van der Waals surface area contributed by atoms with Crippen molar-refractivity contribution in [3.05, 3.63) is 0 Å². The molecule has 4 fully saturated rings. The molecule has 0 aromatic rings. The van der Waals surface area contributed by atoms with Gasteiger partial charge in [0, 0.05) is 6.61 Å². The van der Waals surface area contributed by atoms with Gasteiger partial charge in [-0.3, -0.25) is 9.59 Å². The molecule has 2 amide bonds. The Morgan fingerprint density at radius 1 is 1.05 bits per heavy atom. The summed E-state index contributed by atoms with van der Waals surface area (Å²) in [4.78, 5) is 28.2. The van der Waals surface area contributed by atoms with E-state index in [2.05, 4.69) is 5.32 Å². The van der Waals surface area contributed by atoms with Gasteiger partial charge in [-0.25, -0.2) is 0 Å². The van der Waals surface area contributed by atoms with Crippen molar-refractivity contribution in [3.8, 4) is 0 Å². The summed E-state index contributed by atoms with van der Waals surface area (Å²) in [5, 5.41) is 3.16. The molecule has 0 radical (unpaired) electrons. The van der Waals surface area contributed by atoms with Gasteiger partial charge in [0.25, 0.3) is 0 Å². The summed E-state index contributed by atoms with van der Waals surface area (Å²) in [5.74, 6) is 0.283. The Kier molecular flexibility index (Phi) is 3.03. The maximum atomic E-state index is 13.3. The van der Waals surface area contributed by atoms with Crippen molar-refractivity contribution in [1.82, 2.24) is 10.2 Å². The van der Waals surface area contributed by atoms with E-state index in [1.165, 1.54) is 0 Å². The number of ether oxygens (including phenoxy) is 1. The summed E-state index contributed by atoms with van der Waals surface area (Å²) >= 11 is 0. The van der Waals surface area contributed by atoms with Gasteiger partial charge in [0.15, 0.2) is 0 Å². The number of hydrogen-bond donors (Lipinski definition) is 1. The first-order chi connectivity index (χ1) is 10.2. The predicted octanol–water partition coefficient (Wildman–Crippen LogP) is 1.36. The fourth-order valence-electron chi connectivity index (χ4n) is 4.91. The van der Waals surface area contributed by atoms with Crippen LogP contribution >= 0.6 is 0 Å². The number of piperazine rings is 1. The van der Waals surface area contributed by atoms with Crippen LogP contribution in [-0.2, 0) is 14.3 Å². The molecule has 2 aliphatic heterocycles. The van der Waals surface area contributed by atoms with Crippen LogP contribution < -0.4 is 5.32 Å². The zero-order valence-electron chi connectivity index (χ0n) is 12.5. The highest BCUT2D eigenvalue weighted by Crippen LogP contribution is 2.45. The number of nitrogens with zero attached hydrogens (tertiary/aromatic N) is 1. The lowest BCUT2D eigenvalue weighted by atomic mass is 9.81. The maximum Gasteiger partial charge on any atom is 0.249 e. The van der Waals surface area contributed by atoms with Gasteiger partial charge in [0.2, 0.25) is 11.8 Å². The first kappa shape index (κ1) is 13.6. The summed E-state index contributed by atoms with van der Waals surface area (Å²) < 4.78 is 5.52. The van der Waals surface area contributed by atoms with Crippen molar-refractivity contribution < 1.29 is 14.3 Å². The van der Waals surface area contributed by atoms with Crippen molar-refractivity contribution in [2.75, 3.05) is 13.2 Å². The summed E-state index contributed by atoms with van der Waals surface area (Å²) in [6.45, 7) is 1.30. The molecule has 4 rings (SSSR count). The molecule has 2 saturated carbocycles. The average Bonchev–Trinajstić information content (AvgIpc) is 3.20. The van der Waals surface area contributed by atoms with Crippen LogP contribution in [0.1, 0.15) is 57.8 Å². The van der Waals surface area contributed by atoms with Gasteiger partial charge in [0.1, 0.15) is 11.1 Å². The minimum absolute atomic E-state index is 0.0964.